The van der Waals surface area contributed by atoms with Crippen molar-refractivity contribution in [2.24, 2.45) is 5.92 Å². The predicted octanol–water partition coefficient (Wildman–Crippen LogP) is 2.54. The summed E-state index contributed by atoms with van der Waals surface area (Å²) in [7, 11) is -3.71. The highest BCUT2D eigenvalue weighted by Crippen LogP contribution is 2.36. The van der Waals surface area contributed by atoms with Gasteiger partial charge in [-0.25, -0.2) is 8.42 Å². The highest BCUT2D eigenvalue weighted by atomic mass is 35.5. The number of carbonyl (C=O) groups excluding carboxylic acids is 3. The summed E-state index contributed by atoms with van der Waals surface area (Å²) in [4.78, 5) is 42.9. The summed E-state index contributed by atoms with van der Waals surface area (Å²) in [6.45, 7) is 4.05. The minimum absolute atomic E-state index is 0.0720. The van der Waals surface area contributed by atoms with E-state index in [9.17, 15) is 22.8 Å². The maximum absolute atomic E-state index is 13.1. The van der Waals surface area contributed by atoms with Crippen molar-refractivity contribution in [1.82, 2.24) is 5.48 Å². The molecule has 0 bridgehead atoms. The van der Waals surface area contributed by atoms with E-state index in [1.807, 2.05) is 6.92 Å². The molecule has 31 heavy (non-hydrogen) atoms. The number of ketones is 3. The number of Topliss-reactive ketones (excluding diaryl/α,β-unsaturated/α-hetero) is 3. The minimum atomic E-state index is -3.71. The van der Waals surface area contributed by atoms with Crippen LogP contribution in [0.3, 0.4) is 0 Å². The largest absolute Gasteiger partial charge is 0.379 e. The van der Waals surface area contributed by atoms with Crippen molar-refractivity contribution in [3.05, 3.63) is 34.4 Å². The first-order valence-corrected chi connectivity index (χ1v) is 12.1. The lowest BCUT2D eigenvalue weighted by Gasteiger charge is -2.20. The van der Waals surface area contributed by atoms with Crippen molar-refractivity contribution in [1.29, 1.82) is 0 Å². The van der Waals surface area contributed by atoms with Crippen molar-refractivity contribution < 1.29 is 32.4 Å². The Morgan fingerprint density at radius 1 is 1.23 bits per heavy atom. The summed E-state index contributed by atoms with van der Waals surface area (Å²) in [5.74, 6) is -3.18. The molecular formula is C21H24ClNO7S. The predicted molar refractivity (Wildman–Crippen MR) is 113 cm³/mol. The molecule has 1 fully saturated rings. The number of hydrogen-bond acceptors (Lipinski definition) is 8. The summed E-state index contributed by atoms with van der Waals surface area (Å²) < 4.78 is 30.7. The Labute approximate surface area is 185 Å². The van der Waals surface area contributed by atoms with Gasteiger partial charge in [0.1, 0.15) is 12.0 Å². The van der Waals surface area contributed by atoms with Gasteiger partial charge in [-0.05, 0) is 31.6 Å². The zero-order valence-corrected chi connectivity index (χ0v) is 18.8. The lowest BCUT2D eigenvalue weighted by atomic mass is 9.81. The summed E-state index contributed by atoms with van der Waals surface area (Å²) in [5.41, 5.74) is 2.94. The molecule has 10 heteroatoms. The number of carbonyl (C=O) groups is 3. The van der Waals surface area contributed by atoms with Crippen molar-refractivity contribution in [2.45, 2.75) is 44.1 Å². The molecule has 1 aromatic carbocycles. The lowest BCUT2D eigenvalue weighted by Crippen LogP contribution is -2.35. The van der Waals surface area contributed by atoms with Gasteiger partial charge in [-0.2, -0.15) is 0 Å². The van der Waals surface area contributed by atoms with E-state index in [2.05, 4.69) is 5.48 Å². The van der Waals surface area contributed by atoms with Gasteiger partial charge in [0, 0.05) is 30.6 Å². The Bertz CT molecular complexity index is 1030. The SMILES string of the molecule is CCOCC1C=C(c2c(S(=O)(=O)CC)ccc(C(=O)C3C(=O)CCCC3=O)c2Cl)NO1. The number of rotatable bonds is 8. The van der Waals surface area contributed by atoms with Gasteiger partial charge < -0.3 is 4.74 Å². The summed E-state index contributed by atoms with van der Waals surface area (Å²) in [5, 5.41) is -0.148. The van der Waals surface area contributed by atoms with Crippen molar-refractivity contribution >= 4 is 44.5 Å². The van der Waals surface area contributed by atoms with Gasteiger partial charge in [0.25, 0.3) is 0 Å². The Morgan fingerprint density at radius 3 is 2.52 bits per heavy atom. The molecule has 2 aliphatic rings. The van der Waals surface area contributed by atoms with Crippen molar-refractivity contribution in [3.8, 4) is 0 Å². The number of hydrogen-bond donors (Lipinski definition) is 1. The average molecular weight is 470 g/mol. The van der Waals surface area contributed by atoms with E-state index in [0.29, 0.717) is 13.0 Å². The molecule has 1 saturated carbocycles. The number of benzene rings is 1. The molecule has 1 aliphatic heterocycles. The van der Waals surface area contributed by atoms with Crippen LogP contribution in [0.5, 0.6) is 0 Å². The summed E-state index contributed by atoms with van der Waals surface area (Å²) in [6, 6.07) is 2.55. The zero-order valence-electron chi connectivity index (χ0n) is 17.3. The molecule has 0 spiro atoms. The van der Waals surface area contributed by atoms with E-state index in [4.69, 9.17) is 21.2 Å². The highest BCUT2D eigenvalue weighted by molar-refractivity contribution is 7.91. The van der Waals surface area contributed by atoms with Gasteiger partial charge in [0.05, 0.1) is 28.0 Å². The maximum Gasteiger partial charge on any atom is 0.182 e. The van der Waals surface area contributed by atoms with Crippen LogP contribution in [0.1, 0.15) is 49.0 Å². The van der Waals surface area contributed by atoms with Gasteiger partial charge in [-0.15, -0.1) is 0 Å². The first kappa shape index (κ1) is 23.6. The third kappa shape index (κ3) is 4.74. The molecule has 0 saturated heterocycles. The van der Waals surface area contributed by atoms with Gasteiger partial charge >= 0.3 is 0 Å². The number of ether oxygens (including phenoxy) is 1. The monoisotopic (exact) mass is 469 g/mol. The normalized spacial score (nSPS) is 20.0. The molecule has 8 nitrogen and oxygen atoms in total. The summed E-state index contributed by atoms with van der Waals surface area (Å²) in [6.07, 6.45) is 1.85. The summed E-state index contributed by atoms with van der Waals surface area (Å²) >= 11 is 6.54. The smallest absolute Gasteiger partial charge is 0.182 e. The van der Waals surface area contributed by atoms with Crippen LogP contribution in [0, 0.1) is 5.92 Å². The van der Waals surface area contributed by atoms with Gasteiger partial charge in [0.2, 0.25) is 0 Å². The fraction of sp³-hybridized carbons (Fsp3) is 0.476. The molecule has 1 aromatic rings. The third-order valence-corrected chi connectivity index (χ3v) is 7.43. The number of hydroxylamine groups is 1. The molecule has 0 aromatic heterocycles. The second-order valence-corrected chi connectivity index (χ2v) is 9.91. The molecule has 0 radical (unpaired) electrons. The average Bonchev–Trinajstić information content (AvgIpc) is 3.20. The molecule has 168 valence electrons. The molecule has 3 rings (SSSR count). The maximum atomic E-state index is 13.1. The first-order chi connectivity index (χ1) is 14.7. The van der Waals surface area contributed by atoms with Crippen LogP contribution in [0.15, 0.2) is 23.1 Å². The Kier molecular flexibility index (Phi) is 7.31. The van der Waals surface area contributed by atoms with E-state index >= 15 is 0 Å². The quantitative estimate of drug-likeness (QED) is 0.456. The number of nitrogens with one attached hydrogen (secondary N) is 1. The van der Waals surface area contributed by atoms with E-state index in [0.717, 1.165) is 0 Å². The second-order valence-electron chi connectivity index (χ2n) is 7.29. The van der Waals surface area contributed by atoms with Gasteiger partial charge in [-0.3, -0.25) is 24.7 Å². The molecule has 1 heterocycles. The Hall–Kier alpha value is -2.07. The first-order valence-electron chi connectivity index (χ1n) is 10.1. The van der Waals surface area contributed by atoms with E-state index in [1.165, 1.54) is 19.1 Å². The van der Waals surface area contributed by atoms with Crippen molar-refractivity contribution in [2.75, 3.05) is 19.0 Å². The van der Waals surface area contributed by atoms with E-state index in [1.54, 1.807) is 6.08 Å². The fourth-order valence-electron chi connectivity index (χ4n) is 3.61. The van der Waals surface area contributed by atoms with Gasteiger partial charge in [-0.1, -0.05) is 18.5 Å². The lowest BCUT2D eigenvalue weighted by molar-refractivity contribution is -0.133. The second kappa shape index (κ2) is 9.60. The van der Waals surface area contributed by atoms with Crippen LogP contribution in [0.4, 0.5) is 0 Å². The fourth-order valence-corrected chi connectivity index (χ4v) is 5.14. The standard InChI is InChI=1S/C21H24ClNO7S/c1-3-29-11-12-10-14(23-30-12)18-17(31(27,28)4-2)9-8-13(20(18)22)21(26)19-15(24)6-5-7-16(19)25/h8-10,12,19,23H,3-7,11H2,1-2H3. The zero-order chi connectivity index (χ0) is 22.8. The van der Waals surface area contributed by atoms with Crippen LogP contribution in [-0.2, 0) is 29.0 Å². The van der Waals surface area contributed by atoms with Crippen LogP contribution in [0.2, 0.25) is 5.02 Å². The Morgan fingerprint density at radius 2 is 1.90 bits per heavy atom. The van der Waals surface area contributed by atoms with Crippen LogP contribution < -0.4 is 5.48 Å². The molecule has 1 aliphatic carbocycles. The van der Waals surface area contributed by atoms with E-state index in [-0.39, 0.29) is 51.9 Å². The Balaban J connectivity index is 2.11. The minimum Gasteiger partial charge on any atom is -0.379 e. The molecule has 1 N–H and O–H groups in total. The van der Waals surface area contributed by atoms with Crippen LogP contribution >= 0.6 is 11.6 Å². The van der Waals surface area contributed by atoms with Crippen LogP contribution in [-0.4, -0.2) is 50.8 Å². The van der Waals surface area contributed by atoms with Crippen LogP contribution in [0.25, 0.3) is 5.70 Å². The molecule has 1 atom stereocenters. The highest BCUT2D eigenvalue weighted by Gasteiger charge is 2.38. The number of halogens is 1. The van der Waals surface area contributed by atoms with E-state index < -0.39 is 39.2 Å². The van der Waals surface area contributed by atoms with Gasteiger partial charge in [0.15, 0.2) is 27.2 Å². The number of sulfone groups is 1. The molecular weight excluding hydrogens is 446 g/mol. The molecule has 1 unspecified atom stereocenters. The van der Waals surface area contributed by atoms with Crippen molar-refractivity contribution in [3.63, 3.8) is 0 Å². The topological polar surface area (TPSA) is 116 Å². The molecule has 0 amide bonds. The third-order valence-electron chi connectivity index (χ3n) is 5.27.